The molecule has 0 atom stereocenters. The zero-order valence-electron chi connectivity index (χ0n) is 15.9. The maximum atomic E-state index is 6.24. The molecule has 2 aliphatic carbocycles. The fraction of sp³-hybridized carbons (Fsp3) is 0.773. The summed E-state index contributed by atoms with van der Waals surface area (Å²) >= 11 is 0. The first-order chi connectivity index (χ1) is 11.7. The Hall–Kier alpha value is -1.05. The second-order valence-electron chi connectivity index (χ2n) is 8.13. The molecule has 0 aromatic carbocycles. The number of ether oxygens (including phenoxy) is 1. The fourth-order valence-electron chi connectivity index (χ4n) is 4.95. The molecule has 2 heteroatoms. The molecule has 2 fully saturated rings. The van der Waals surface area contributed by atoms with E-state index in [2.05, 4.69) is 31.8 Å². The van der Waals surface area contributed by atoms with Crippen LogP contribution in [0, 0.1) is 24.7 Å². The van der Waals surface area contributed by atoms with Crippen LogP contribution >= 0.6 is 0 Å². The monoisotopic (exact) mass is 329 g/mol. The Labute approximate surface area is 148 Å². The summed E-state index contributed by atoms with van der Waals surface area (Å²) in [4.78, 5) is 4.54. The molecule has 0 spiro atoms. The lowest BCUT2D eigenvalue weighted by Crippen LogP contribution is -2.29. The quantitative estimate of drug-likeness (QED) is 0.650. The van der Waals surface area contributed by atoms with Gasteiger partial charge in [-0.15, -0.1) is 0 Å². The molecule has 0 saturated heterocycles. The van der Waals surface area contributed by atoms with Crippen molar-refractivity contribution in [2.24, 2.45) is 17.8 Å². The van der Waals surface area contributed by atoms with Gasteiger partial charge in [0.05, 0.1) is 12.3 Å². The summed E-state index contributed by atoms with van der Waals surface area (Å²) in [5, 5.41) is 0. The number of pyridine rings is 1. The molecule has 2 nitrogen and oxygen atoms in total. The summed E-state index contributed by atoms with van der Waals surface area (Å²) in [6, 6.07) is 2.17. The zero-order chi connectivity index (χ0) is 16.9. The van der Waals surface area contributed by atoms with Gasteiger partial charge in [0.25, 0.3) is 0 Å². The van der Waals surface area contributed by atoms with Crippen LogP contribution in [0.25, 0.3) is 0 Å². The summed E-state index contributed by atoms with van der Waals surface area (Å²) in [6.07, 6.45) is 15.8. The zero-order valence-corrected chi connectivity index (χ0v) is 15.9. The number of nitrogens with zero attached hydrogens (tertiary/aromatic N) is 1. The highest BCUT2D eigenvalue weighted by atomic mass is 16.5. The van der Waals surface area contributed by atoms with Crippen molar-refractivity contribution in [2.45, 2.75) is 91.1 Å². The van der Waals surface area contributed by atoms with Crippen LogP contribution in [0.1, 0.15) is 82.9 Å². The van der Waals surface area contributed by atoms with Crippen LogP contribution in [-0.2, 0) is 6.42 Å². The van der Waals surface area contributed by atoms with Gasteiger partial charge in [0.1, 0.15) is 5.75 Å². The van der Waals surface area contributed by atoms with Crippen molar-refractivity contribution < 1.29 is 4.74 Å². The standard InChI is InChI=1S/C22H35NO/c1-4-17-6-8-18(9-7-17)19-10-12-20(13-11-19)24-21-14-16(3)22(5-2)23-15-21/h14-15,17-20H,4-13H2,1-3H3. The van der Waals surface area contributed by atoms with Crippen LogP contribution in [-0.4, -0.2) is 11.1 Å². The van der Waals surface area contributed by atoms with Crippen LogP contribution in [0.2, 0.25) is 0 Å². The number of hydrogen-bond donors (Lipinski definition) is 0. The molecular weight excluding hydrogens is 294 g/mol. The third kappa shape index (κ3) is 4.32. The van der Waals surface area contributed by atoms with Gasteiger partial charge in [0.2, 0.25) is 0 Å². The predicted octanol–water partition coefficient (Wildman–Crippen LogP) is 6.11. The minimum atomic E-state index is 0.405. The molecule has 0 bridgehead atoms. The highest BCUT2D eigenvalue weighted by Gasteiger charge is 2.31. The maximum absolute atomic E-state index is 6.24. The predicted molar refractivity (Wildman–Crippen MR) is 100 cm³/mol. The van der Waals surface area contributed by atoms with E-state index in [9.17, 15) is 0 Å². The first kappa shape index (κ1) is 17.8. The Morgan fingerprint density at radius 3 is 2.12 bits per heavy atom. The largest absolute Gasteiger partial charge is 0.489 e. The van der Waals surface area contributed by atoms with E-state index >= 15 is 0 Å². The molecule has 24 heavy (non-hydrogen) atoms. The lowest BCUT2D eigenvalue weighted by molar-refractivity contribution is 0.0917. The minimum Gasteiger partial charge on any atom is -0.489 e. The normalized spacial score (nSPS) is 31.0. The van der Waals surface area contributed by atoms with E-state index in [-0.39, 0.29) is 0 Å². The van der Waals surface area contributed by atoms with Gasteiger partial charge in [-0.25, -0.2) is 0 Å². The van der Waals surface area contributed by atoms with Crippen LogP contribution in [0.5, 0.6) is 5.75 Å². The van der Waals surface area contributed by atoms with Crippen molar-refractivity contribution in [2.75, 3.05) is 0 Å². The summed E-state index contributed by atoms with van der Waals surface area (Å²) in [5.74, 6) is 3.95. The van der Waals surface area contributed by atoms with E-state index in [0.717, 1.165) is 29.9 Å². The molecule has 1 aromatic heterocycles. The van der Waals surface area contributed by atoms with E-state index in [4.69, 9.17) is 4.74 Å². The Balaban J connectivity index is 1.46. The van der Waals surface area contributed by atoms with Crippen molar-refractivity contribution in [3.63, 3.8) is 0 Å². The minimum absolute atomic E-state index is 0.405. The molecule has 2 saturated carbocycles. The molecule has 2 aliphatic rings. The molecule has 0 radical (unpaired) electrons. The third-order valence-corrected chi connectivity index (χ3v) is 6.65. The number of hydrogen-bond acceptors (Lipinski definition) is 2. The summed E-state index contributed by atoms with van der Waals surface area (Å²) in [7, 11) is 0. The molecule has 3 rings (SSSR count). The molecule has 1 aromatic rings. The highest BCUT2D eigenvalue weighted by Crippen LogP contribution is 2.41. The van der Waals surface area contributed by atoms with E-state index < -0.39 is 0 Å². The smallest absolute Gasteiger partial charge is 0.138 e. The fourth-order valence-corrected chi connectivity index (χ4v) is 4.95. The van der Waals surface area contributed by atoms with Gasteiger partial charge in [0.15, 0.2) is 0 Å². The van der Waals surface area contributed by atoms with Crippen molar-refractivity contribution >= 4 is 0 Å². The number of rotatable bonds is 5. The van der Waals surface area contributed by atoms with Crippen molar-refractivity contribution in [3.05, 3.63) is 23.5 Å². The lowest BCUT2D eigenvalue weighted by atomic mass is 9.70. The Morgan fingerprint density at radius 2 is 1.58 bits per heavy atom. The molecule has 0 N–H and O–H groups in total. The Kier molecular flexibility index (Phi) is 6.19. The topological polar surface area (TPSA) is 22.1 Å². The van der Waals surface area contributed by atoms with Crippen molar-refractivity contribution in [1.82, 2.24) is 4.98 Å². The molecular formula is C22H35NO. The highest BCUT2D eigenvalue weighted by molar-refractivity contribution is 5.28. The van der Waals surface area contributed by atoms with Crippen LogP contribution < -0.4 is 4.74 Å². The van der Waals surface area contributed by atoms with Gasteiger partial charge in [0, 0.05) is 5.69 Å². The van der Waals surface area contributed by atoms with Crippen molar-refractivity contribution in [3.8, 4) is 5.75 Å². The molecule has 0 amide bonds. The second-order valence-corrected chi connectivity index (χ2v) is 8.13. The van der Waals surface area contributed by atoms with Gasteiger partial charge in [-0.1, -0.05) is 33.1 Å². The average Bonchev–Trinajstić information content (AvgIpc) is 2.63. The molecule has 0 unspecified atom stereocenters. The van der Waals surface area contributed by atoms with Gasteiger partial charge in [-0.2, -0.15) is 0 Å². The van der Waals surface area contributed by atoms with E-state index in [0.29, 0.717) is 6.10 Å². The molecule has 134 valence electrons. The Bertz CT molecular complexity index is 511. The lowest BCUT2D eigenvalue weighted by Gasteiger charge is -2.37. The summed E-state index contributed by atoms with van der Waals surface area (Å²) < 4.78 is 6.24. The van der Waals surface area contributed by atoms with Gasteiger partial charge < -0.3 is 4.74 Å². The van der Waals surface area contributed by atoms with Crippen LogP contribution in [0.15, 0.2) is 12.3 Å². The van der Waals surface area contributed by atoms with Crippen LogP contribution in [0.4, 0.5) is 0 Å². The van der Waals surface area contributed by atoms with E-state index in [1.165, 1.54) is 69.0 Å². The SMILES string of the molecule is CCc1ncc(OC2CCC(C3CCC(CC)CC3)CC2)cc1C. The second kappa shape index (κ2) is 8.36. The van der Waals surface area contributed by atoms with Gasteiger partial charge in [-0.05, 0) is 81.3 Å². The third-order valence-electron chi connectivity index (χ3n) is 6.65. The summed E-state index contributed by atoms with van der Waals surface area (Å²) in [6.45, 7) is 6.66. The maximum Gasteiger partial charge on any atom is 0.138 e. The van der Waals surface area contributed by atoms with Gasteiger partial charge in [-0.3, -0.25) is 4.98 Å². The van der Waals surface area contributed by atoms with E-state index in [1.54, 1.807) is 0 Å². The summed E-state index contributed by atoms with van der Waals surface area (Å²) in [5.41, 5.74) is 2.45. The number of aryl methyl sites for hydroxylation is 2. The molecule has 0 aliphatic heterocycles. The first-order valence-electron chi connectivity index (χ1n) is 10.3. The Morgan fingerprint density at radius 1 is 0.958 bits per heavy atom. The van der Waals surface area contributed by atoms with Gasteiger partial charge >= 0.3 is 0 Å². The van der Waals surface area contributed by atoms with Crippen molar-refractivity contribution in [1.29, 1.82) is 0 Å². The van der Waals surface area contributed by atoms with E-state index in [1.807, 2.05) is 6.20 Å². The number of aromatic nitrogens is 1. The molecule has 1 heterocycles. The first-order valence-corrected chi connectivity index (χ1v) is 10.3. The average molecular weight is 330 g/mol. The van der Waals surface area contributed by atoms with Crippen LogP contribution in [0.3, 0.4) is 0 Å².